The fourth-order valence-corrected chi connectivity index (χ4v) is 3.15. The van der Waals surface area contributed by atoms with Crippen molar-refractivity contribution >= 4 is 29.0 Å². The highest BCUT2D eigenvalue weighted by Crippen LogP contribution is 2.35. The summed E-state index contributed by atoms with van der Waals surface area (Å²) >= 11 is 6.07. The number of carbonyl (C=O) groups excluding carboxylic acids is 1. The number of amides is 1. The second-order valence-corrected chi connectivity index (χ2v) is 7.07. The average Bonchev–Trinajstić information content (AvgIpc) is 3.13. The van der Waals surface area contributed by atoms with Gasteiger partial charge in [0.25, 0.3) is 11.6 Å². The number of nitrogens with zero attached hydrogens (tertiary/aromatic N) is 3. The van der Waals surface area contributed by atoms with E-state index in [0.29, 0.717) is 22.2 Å². The summed E-state index contributed by atoms with van der Waals surface area (Å²) in [5.74, 6) is -0.0749. The van der Waals surface area contributed by atoms with Gasteiger partial charge in [-0.1, -0.05) is 17.7 Å². The molecule has 1 aromatic heterocycles. The molecule has 0 aliphatic heterocycles. The number of ether oxygens (including phenoxy) is 3. The molecule has 168 valence electrons. The lowest BCUT2D eigenvalue weighted by Crippen LogP contribution is -2.17. The molecule has 0 spiro atoms. The van der Waals surface area contributed by atoms with Crippen molar-refractivity contribution in [3.05, 3.63) is 68.9 Å². The SMILES string of the molecule is COCCOc1cc([N+](=O)[O-])c(C(=O)Nc2cc(C)nn2-c2cccc(Cl)c2)cc1OC. The molecule has 0 saturated heterocycles. The van der Waals surface area contributed by atoms with Crippen molar-refractivity contribution in [1.82, 2.24) is 9.78 Å². The Bertz CT molecular complexity index is 1150. The summed E-state index contributed by atoms with van der Waals surface area (Å²) in [4.78, 5) is 24.0. The number of nitro groups is 1. The third-order valence-corrected chi connectivity index (χ3v) is 4.63. The highest BCUT2D eigenvalue weighted by molar-refractivity contribution is 6.30. The molecule has 2 aromatic carbocycles. The van der Waals surface area contributed by atoms with E-state index in [1.807, 2.05) is 0 Å². The second-order valence-electron chi connectivity index (χ2n) is 6.64. The number of nitrogens with one attached hydrogen (secondary N) is 1. The van der Waals surface area contributed by atoms with Gasteiger partial charge in [-0.15, -0.1) is 0 Å². The number of aryl methyl sites for hydroxylation is 1. The molecular weight excluding hydrogens is 440 g/mol. The van der Waals surface area contributed by atoms with Gasteiger partial charge in [0.05, 0.1) is 36.1 Å². The first kappa shape index (κ1) is 23.0. The fourth-order valence-electron chi connectivity index (χ4n) is 2.97. The molecule has 10 nitrogen and oxygen atoms in total. The molecule has 1 N–H and O–H groups in total. The van der Waals surface area contributed by atoms with Gasteiger partial charge in [0.15, 0.2) is 11.5 Å². The van der Waals surface area contributed by atoms with Crippen molar-refractivity contribution in [1.29, 1.82) is 0 Å². The number of methoxy groups -OCH3 is 2. The largest absolute Gasteiger partial charge is 0.493 e. The molecule has 0 fully saturated rings. The molecule has 0 aliphatic carbocycles. The average molecular weight is 461 g/mol. The predicted octanol–water partition coefficient (Wildman–Crippen LogP) is 4.03. The zero-order chi connectivity index (χ0) is 23.3. The zero-order valence-electron chi connectivity index (χ0n) is 17.6. The number of hydrogen-bond donors (Lipinski definition) is 1. The minimum absolute atomic E-state index is 0.132. The maximum absolute atomic E-state index is 13.0. The lowest BCUT2D eigenvalue weighted by atomic mass is 10.1. The van der Waals surface area contributed by atoms with Crippen LogP contribution in [-0.4, -0.2) is 48.0 Å². The van der Waals surface area contributed by atoms with E-state index in [0.717, 1.165) is 6.07 Å². The first-order chi connectivity index (χ1) is 15.3. The van der Waals surface area contributed by atoms with Crippen molar-refractivity contribution in [2.45, 2.75) is 6.92 Å². The first-order valence-electron chi connectivity index (χ1n) is 9.46. The molecule has 0 atom stereocenters. The Morgan fingerprint density at radius 3 is 2.62 bits per heavy atom. The molecule has 0 aliphatic rings. The van der Waals surface area contributed by atoms with E-state index in [-0.39, 0.29) is 30.3 Å². The Morgan fingerprint density at radius 1 is 1.19 bits per heavy atom. The van der Waals surface area contributed by atoms with E-state index in [9.17, 15) is 14.9 Å². The van der Waals surface area contributed by atoms with Gasteiger partial charge < -0.3 is 19.5 Å². The van der Waals surface area contributed by atoms with Gasteiger partial charge in [-0.3, -0.25) is 14.9 Å². The normalized spacial score (nSPS) is 10.6. The van der Waals surface area contributed by atoms with Crippen molar-refractivity contribution < 1.29 is 23.9 Å². The third-order valence-electron chi connectivity index (χ3n) is 4.39. The van der Waals surface area contributed by atoms with Crippen molar-refractivity contribution in [3.63, 3.8) is 0 Å². The topological polar surface area (TPSA) is 118 Å². The highest BCUT2D eigenvalue weighted by atomic mass is 35.5. The lowest BCUT2D eigenvalue weighted by Gasteiger charge is -2.13. The van der Waals surface area contributed by atoms with Crippen molar-refractivity contribution in [2.24, 2.45) is 0 Å². The van der Waals surface area contributed by atoms with E-state index < -0.39 is 16.5 Å². The number of anilines is 1. The van der Waals surface area contributed by atoms with E-state index in [1.165, 1.54) is 25.0 Å². The maximum Gasteiger partial charge on any atom is 0.286 e. The fraction of sp³-hybridized carbons (Fsp3) is 0.238. The summed E-state index contributed by atoms with van der Waals surface area (Å²) in [7, 11) is 2.88. The van der Waals surface area contributed by atoms with Crippen LogP contribution in [0.2, 0.25) is 5.02 Å². The van der Waals surface area contributed by atoms with Crippen LogP contribution in [0.25, 0.3) is 5.69 Å². The summed E-state index contributed by atoms with van der Waals surface area (Å²) in [5.41, 5.74) is 0.632. The minimum Gasteiger partial charge on any atom is -0.493 e. The number of halogens is 1. The number of carbonyl (C=O) groups is 1. The second kappa shape index (κ2) is 10.1. The number of nitro benzene ring substituents is 1. The Balaban J connectivity index is 1.97. The van der Waals surface area contributed by atoms with Crippen LogP contribution in [0.4, 0.5) is 11.5 Å². The number of aromatic nitrogens is 2. The van der Waals surface area contributed by atoms with E-state index >= 15 is 0 Å². The van der Waals surface area contributed by atoms with Gasteiger partial charge in [-0.25, -0.2) is 4.68 Å². The van der Waals surface area contributed by atoms with Crippen LogP contribution in [0, 0.1) is 17.0 Å². The Labute approximate surface area is 188 Å². The van der Waals surface area contributed by atoms with Crippen molar-refractivity contribution in [2.75, 3.05) is 32.8 Å². The molecule has 1 heterocycles. The molecule has 3 rings (SSSR count). The zero-order valence-corrected chi connectivity index (χ0v) is 18.4. The third kappa shape index (κ3) is 5.16. The van der Waals surface area contributed by atoms with Gasteiger partial charge in [-0.05, 0) is 25.1 Å². The number of benzene rings is 2. The highest BCUT2D eigenvalue weighted by Gasteiger charge is 2.26. The van der Waals surface area contributed by atoms with Gasteiger partial charge >= 0.3 is 0 Å². The molecular formula is C21H21ClN4O6. The lowest BCUT2D eigenvalue weighted by molar-refractivity contribution is -0.385. The van der Waals surface area contributed by atoms with Crippen LogP contribution >= 0.6 is 11.6 Å². The maximum atomic E-state index is 13.0. The van der Waals surface area contributed by atoms with Crippen LogP contribution in [-0.2, 0) is 4.74 Å². The summed E-state index contributed by atoms with van der Waals surface area (Å²) in [6, 6.07) is 11.0. The summed E-state index contributed by atoms with van der Waals surface area (Å²) in [5, 5.41) is 19.2. The first-order valence-corrected chi connectivity index (χ1v) is 9.84. The molecule has 0 bridgehead atoms. The summed E-state index contributed by atoms with van der Waals surface area (Å²) in [6.07, 6.45) is 0. The Hall–Kier alpha value is -3.63. The van der Waals surface area contributed by atoms with Gasteiger partial charge in [0, 0.05) is 24.3 Å². The quantitative estimate of drug-likeness (QED) is 0.291. The standard InChI is InChI=1S/C21H21ClN4O6/c1-13-9-20(25(24-13)15-6-4-5-14(22)10-15)23-21(27)16-11-18(31-3)19(32-8-7-30-2)12-17(16)26(28)29/h4-6,9-12H,7-8H2,1-3H3,(H,23,27). The van der Waals surface area contributed by atoms with E-state index in [1.54, 1.807) is 37.3 Å². The molecule has 0 saturated carbocycles. The van der Waals surface area contributed by atoms with Crippen LogP contribution in [0.5, 0.6) is 11.5 Å². The van der Waals surface area contributed by atoms with Crippen LogP contribution < -0.4 is 14.8 Å². The number of rotatable bonds is 9. The molecule has 1 amide bonds. The Morgan fingerprint density at radius 2 is 1.97 bits per heavy atom. The molecule has 0 radical (unpaired) electrons. The van der Waals surface area contributed by atoms with Crippen molar-refractivity contribution in [3.8, 4) is 17.2 Å². The van der Waals surface area contributed by atoms with Gasteiger partial charge in [0.1, 0.15) is 18.0 Å². The smallest absolute Gasteiger partial charge is 0.286 e. The van der Waals surface area contributed by atoms with Crippen LogP contribution in [0.15, 0.2) is 42.5 Å². The predicted molar refractivity (Wildman–Crippen MR) is 118 cm³/mol. The molecule has 3 aromatic rings. The van der Waals surface area contributed by atoms with Crippen LogP contribution in [0.1, 0.15) is 16.1 Å². The van der Waals surface area contributed by atoms with Gasteiger partial charge in [0.2, 0.25) is 0 Å². The summed E-state index contributed by atoms with van der Waals surface area (Å²) < 4.78 is 17.2. The van der Waals surface area contributed by atoms with E-state index in [2.05, 4.69) is 10.4 Å². The molecule has 32 heavy (non-hydrogen) atoms. The minimum atomic E-state index is -0.707. The molecule has 11 heteroatoms. The monoisotopic (exact) mass is 460 g/mol. The summed E-state index contributed by atoms with van der Waals surface area (Å²) in [6.45, 7) is 2.20. The number of hydrogen-bond acceptors (Lipinski definition) is 7. The Kier molecular flexibility index (Phi) is 7.29. The molecule has 0 unspecified atom stereocenters. The van der Waals surface area contributed by atoms with Gasteiger partial charge in [-0.2, -0.15) is 5.10 Å². The van der Waals surface area contributed by atoms with E-state index in [4.69, 9.17) is 25.8 Å². The van der Waals surface area contributed by atoms with Crippen LogP contribution in [0.3, 0.4) is 0 Å².